The highest BCUT2D eigenvalue weighted by Crippen LogP contribution is 2.13. The number of nitrogens with zero attached hydrogens (tertiary/aromatic N) is 1. The van der Waals surface area contributed by atoms with Gasteiger partial charge in [-0.25, -0.2) is 0 Å². The SMILES string of the molecule is CNC(COC(C)C)c1ccnc(C)c1. The minimum atomic E-state index is 0.245. The van der Waals surface area contributed by atoms with E-state index in [-0.39, 0.29) is 12.1 Å². The minimum absolute atomic E-state index is 0.245. The molecule has 0 saturated heterocycles. The number of pyridine rings is 1. The highest BCUT2D eigenvalue weighted by molar-refractivity contribution is 5.19. The number of rotatable bonds is 5. The Balaban J connectivity index is 2.65. The molecule has 1 atom stereocenters. The molecule has 3 nitrogen and oxygen atoms in total. The van der Waals surface area contributed by atoms with E-state index in [9.17, 15) is 0 Å². The molecule has 0 amide bonds. The highest BCUT2D eigenvalue weighted by Gasteiger charge is 2.10. The molecule has 15 heavy (non-hydrogen) atoms. The van der Waals surface area contributed by atoms with Crippen LogP contribution < -0.4 is 5.32 Å². The Morgan fingerprint density at radius 1 is 1.47 bits per heavy atom. The summed E-state index contributed by atoms with van der Waals surface area (Å²) in [5.41, 5.74) is 2.27. The van der Waals surface area contributed by atoms with Crippen molar-refractivity contribution in [3.63, 3.8) is 0 Å². The van der Waals surface area contributed by atoms with Crippen molar-refractivity contribution in [2.75, 3.05) is 13.7 Å². The first-order valence-corrected chi connectivity index (χ1v) is 5.35. The van der Waals surface area contributed by atoms with Gasteiger partial charge in [0.1, 0.15) is 0 Å². The van der Waals surface area contributed by atoms with Crippen molar-refractivity contribution in [2.24, 2.45) is 0 Å². The molecule has 1 heterocycles. The number of likely N-dealkylation sites (N-methyl/N-ethyl adjacent to an activating group) is 1. The number of aryl methyl sites for hydroxylation is 1. The standard InChI is InChI=1S/C12H20N2O/c1-9(2)15-8-12(13-4)11-5-6-14-10(3)7-11/h5-7,9,12-13H,8H2,1-4H3. The molecule has 0 bridgehead atoms. The fourth-order valence-corrected chi connectivity index (χ4v) is 1.42. The Morgan fingerprint density at radius 3 is 2.73 bits per heavy atom. The lowest BCUT2D eigenvalue weighted by molar-refractivity contribution is 0.0626. The maximum atomic E-state index is 5.61. The lowest BCUT2D eigenvalue weighted by atomic mass is 10.1. The van der Waals surface area contributed by atoms with Gasteiger partial charge in [-0.1, -0.05) is 0 Å². The predicted molar refractivity (Wildman–Crippen MR) is 61.9 cm³/mol. The molecule has 1 rings (SSSR count). The Labute approximate surface area is 91.9 Å². The van der Waals surface area contributed by atoms with Gasteiger partial charge in [0.15, 0.2) is 0 Å². The first kappa shape index (κ1) is 12.1. The largest absolute Gasteiger partial charge is 0.377 e. The van der Waals surface area contributed by atoms with Crippen LogP contribution in [0.3, 0.4) is 0 Å². The van der Waals surface area contributed by atoms with E-state index in [0.717, 1.165) is 5.69 Å². The monoisotopic (exact) mass is 208 g/mol. The zero-order valence-electron chi connectivity index (χ0n) is 9.95. The second kappa shape index (κ2) is 5.83. The van der Waals surface area contributed by atoms with Gasteiger partial charge in [-0.05, 0) is 45.5 Å². The van der Waals surface area contributed by atoms with E-state index in [4.69, 9.17) is 4.74 Å². The molecule has 1 N–H and O–H groups in total. The van der Waals surface area contributed by atoms with Crippen LogP contribution in [0.25, 0.3) is 0 Å². The predicted octanol–water partition coefficient (Wildman–Crippen LogP) is 2.08. The lowest BCUT2D eigenvalue weighted by Gasteiger charge is -2.18. The number of hydrogen-bond donors (Lipinski definition) is 1. The van der Waals surface area contributed by atoms with Crippen molar-refractivity contribution in [1.82, 2.24) is 10.3 Å². The molecule has 84 valence electrons. The molecule has 0 aliphatic rings. The van der Waals surface area contributed by atoms with Crippen LogP contribution in [0.1, 0.15) is 31.1 Å². The molecule has 0 aromatic carbocycles. The van der Waals surface area contributed by atoms with E-state index in [1.54, 1.807) is 0 Å². The fraction of sp³-hybridized carbons (Fsp3) is 0.583. The van der Waals surface area contributed by atoms with Gasteiger partial charge in [0.05, 0.1) is 18.8 Å². The van der Waals surface area contributed by atoms with Crippen LogP contribution in [0.5, 0.6) is 0 Å². The van der Waals surface area contributed by atoms with E-state index in [1.807, 2.05) is 40.1 Å². The first-order valence-electron chi connectivity index (χ1n) is 5.35. The minimum Gasteiger partial charge on any atom is -0.377 e. The average molecular weight is 208 g/mol. The summed E-state index contributed by atoms with van der Waals surface area (Å²) in [4.78, 5) is 4.18. The number of nitrogens with one attached hydrogen (secondary N) is 1. The van der Waals surface area contributed by atoms with Crippen LogP contribution in [-0.2, 0) is 4.74 Å². The third kappa shape index (κ3) is 3.98. The van der Waals surface area contributed by atoms with Crippen LogP contribution in [0.4, 0.5) is 0 Å². The van der Waals surface area contributed by atoms with E-state index in [0.29, 0.717) is 6.61 Å². The summed E-state index contributed by atoms with van der Waals surface area (Å²) in [6.45, 7) is 6.78. The molecule has 1 unspecified atom stereocenters. The van der Waals surface area contributed by atoms with Gasteiger partial charge in [-0.2, -0.15) is 0 Å². The van der Waals surface area contributed by atoms with Gasteiger partial charge in [0.25, 0.3) is 0 Å². The first-order chi connectivity index (χ1) is 7.13. The lowest BCUT2D eigenvalue weighted by Crippen LogP contribution is -2.23. The third-order valence-corrected chi connectivity index (χ3v) is 2.27. The summed E-state index contributed by atoms with van der Waals surface area (Å²) in [5.74, 6) is 0. The molecule has 0 aliphatic heterocycles. The van der Waals surface area contributed by atoms with Gasteiger partial charge >= 0.3 is 0 Å². The second-order valence-electron chi connectivity index (χ2n) is 3.95. The summed E-state index contributed by atoms with van der Waals surface area (Å²) >= 11 is 0. The van der Waals surface area contributed by atoms with Crippen LogP contribution in [0.2, 0.25) is 0 Å². The summed E-state index contributed by atoms with van der Waals surface area (Å²) < 4.78 is 5.61. The van der Waals surface area contributed by atoms with Gasteiger partial charge in [0.2, 0.25) is 0 Å². The molecule has 0 aliphatic carbocycles. The van der Waals surface area contributed by atoms with Gasteiger partial charge in [-0.15, -0.1) is 0 Å². The van der Waals surface area contributed by atoms with Gasteiger partial charge < -0.3 is 10.1 Å². The molecular formula is C12H20N2O. The van der Waals surface area contributed by atoms with Crippen LogP contribution in [0, 0.1) is 6.92 Å². The molecular weight excluding hydrogens is 188 g/mol. The van der Waals surface area contributed by atoms with E-state index >= 15 is 0 Å². The molecule has 1 aromatic heterocycles. The molecule has 3 heteroatoms. The van der Waals surface area contributed by atoms with Crippen LogP contribution in [-0.4, -0.2) is 24.7 Å². The molecule has 0 saturated carbocycles. The normalized spacial score (nSPS) is 13.1. The third-order valence-electron chi connectivity index (χ3n) is 2.27. The van der Waals surface area contributed by atoms with Crippen molar-refractivity contribution in [2.45, 2.75) is 32.9 Å². The molecule has 0 radical (unpaired) electrons. The molecule has 1 aromatic rings. The molecule has 0 fully saturated rings. The van der Waals surface area contributed by atoms with E-state index in [1.165, 1.54) is 5.56 Å². The Bertz CT molecular complexity index is 299. The Morgan fingerprint density at radius 2 is 2.20 bits per heavy atom. The Hall–Kier alpha value is -0.930. The number of ether oxygens (including phenoxy) is 1. The Kier molecular flexibility index (Phi) is 4.72. The highest BCUT2D eigenvalue weighted by atomic mass is 16.5. The van der Waals surface area contributed by atoms with Gasteiger partial charge in [0, 0.05) is 11.9 Å². The van der Waals surface area contributed by atoms with E-state index < -0.39 is 0 Å². The molecule has 0 spiro atoms. The second-order valence-corrected chi connectivity index (χ2v) is 3.95. The van der Waals surface area contributed by atoms with Gasteiger partial charge in [-0.3, -0.25) is 4.98 Å². The van der Waals surface area contributed by atoms with E-state index in [2.05, 4.69) is 16.4 Å². The zero-order chi connectivity index (χ0) is 11.3. The number of aromatic nitrogens is 1. The van der Waals surface area contributed by atoms with Crippen molar-refractivity contribution >= 4 is 0 Å². The quantitative estimate of drug-likeness (QED) is 0.804. The fourth-order valence-electron chi connectivity index (χ4n) is 1.42. The maximum Gasteiger partial charge on any atom is 0.0664 e. The topological polar surface area (TPSA) is 34.1 Å². The summed E-state index contributed by atoms with van der Waals surface area (Å²) in [6.07, 6.45) is 2.11. The van der Waals surface area contributed by atoms with Crippen LogP contribution >= 0.6 is 0 Å². The van der Waals surface area contributed by atoms with Crippen molar-refractivity contribution in [3.05, 3.63) is 29.6 Å². The van der Waals surface area contributed by atoms with Crippen molar-refractivity contribution in [3.8, 4) is 0 Å². The number of hydrogen-bond acceptors (Lipinski definition) is 3. The van der Waals surface area contributed by atoms with Crippen molar-refractivity contribution < 1.29 is 4.74 Å². The zero-order valence-corrected chi connectivity index (χ0v) is 9.95. The summed E-state index contributed by atoms with van der Waals surface area (Å²) in [7, 11) is 1.95. The smallest absolute Gasteiger partial charge is 0.0664 e. The van der Waals surface area contributed by atoms with Crippen molar-refractivity contribution in [1.29, 1.82) is 0 Å². The van der Waals surface area contributed by atoms with Crippen LogP contribution in [0.15, 0.2) is 18.3 Å². The maximum absolute atomic E-state index is 5.61. The average Bonchev–Trinajstić information content (AvgIpc) is 2.18. The summed E-state index contributed by atoms with van der Waals surface area (Å²) in [5, 5.41) is 3.25. The summed E-state index contributed by atoms with van der Waals surface area (Å²) in [6, 6.07) is 4.36.